The predicted octanol–water partition coefficient (Wildman–Crippen LogP) is 4.12. The highest BCUT2D eigenvalue weighted by Gasteiger charge is 2.14. The van der Waals surface area contributed by atoms with Gasteiger partial charge >= 0.3 is 0 Å². The van der Waals surface area contributed by atoms with Crippen LogP contribution < -0.4 is 5.32 Å². The van der Waals surface area contributed by atoms with Gasteiger partial charge in [-0.2, -0.15) is 5.10 Å². The van der Waals surface area contributed by atoms with E-state index in [0.717, 1.165) is 11.5 Å². The molecule has 0 aliphatic carbocycles. The van der Waals surface area contributed by atoms with E-state index in [2.05, 4.69) is 42.2 Å². The maximum Gasteiger partial charge on any atom is 0.176 e. The summed E-state index contributed by atoms with van der Waals surface area (Å²) in [6, 6.07) is 8.35. The van der Waals surface area contributed by atoms with Crippen LogP contribution in [0.25, 0.3) is 5.82 Å². The van der Waals surface area contributed by atoms with E-state index in [1.165, 1.54) is 15.3 Å². The average molecular weight is 298 g/mol. The molecule has 3 aromatic heterocycles. The van der Waals surface area contributed by atoms with Gasteiger partial charge in [0.2, 0.25) is 0 Å². The number of rotatable bonds is 4. The molecule has 3 aromatic rings. The Kier molecular flexibility index (Phi) is 3.75. The van der Waals surface area contributed by atoms with Crippen molar-refractivity contribution in [2.45, 2.75) is 26.8 Å². The summed E-state index contributed by atoms with van der Waals surface area (Å²) in [5.74, 6) is 0.818. The summed E-state index contributed by atoms with van der Waals surface area (Å²) in [5.41, 5.74) is 2.32. The largest absolute Gasteiger partial charge is 0.375 e. The van der Waals surface area contributed by atoms with Gasteiger partial charge in [-0.1, -0.05) is 0 Å². The van der Waals surface area contributed by atoms with Gasteiger partial charge in [0, 0.05) is 34.4 Å². The SMILES string of the molecule is Cc1cc(C(C)Nc2cccnc2-n2cccn2)c(C)s1. The number of pyridine rings is 1. The molecule has 0 radical (unpaired) electrons. The van der Waals surface area contributed by atoms with E-state index in [-0.39, 0.29) is 6.04 Å². The van der Waals surface area contributed by atoms with Crippen molar-refractivity contribution in [3.8, 4) is 5.82 Å². The molecule has 0 spiro atoms. The van der Waals surface area contributed by atoms with Gasteiger partial charge in [-0.05, 0) is 50.6 Å². The highest BCUT2D eigenvalue weighted by Crippen LogP contribution is 2.29. The van der Waals surface area contributed by atoms with E-state index in [0.29, 0.717) is 0 Å². The molecule has 5 heteroatoms. The van der Waals surface area contributed by atoms with Crippen LogP contribution in [-0.2, 0) is 0 Å². The lowest BCUT2D eigenvalue weighted by Gasteiger charge is -2.17. The molecule has 0 amide bonds. The molecular formula is C16H18N4S. The Balaban J connectivity index is 1.90. The minimum Gasteiger partial charge on any atom is -0.375 e. The quantitative estimate of drug-likeness (QED) is 0.788. The Labute approximate surface area is 128 Å². The summed E-state index contributed by atoms with van der Waals surface area (Å²) in [6.45, 7) is 6.49. The molecule has 4 nitrogen and oxygen atoms in total. The fraction of sp³-hybridized carbons (Fsp3) is 0.250. The lowest BCUT2D eigenvalue weighted by Crippen LogP contribution is -2.10. The molecule has 1 atom stereocenters. The van der Waals surface area contributed by atoms with Crippen molar-refractivity contribution in [3.05, 3.63) is 58.2 Å². The molecule has 0 fully saturated rings. The maximum absolute atomic E-state index is 4.44. The van der Waals surface area contributed by atoms with E-state index < -0.39 is 0 Å². The van der Waals surface area contributed by atoms with Crippen molar-refractivity contribution >= 4 is 17.0 Å². The van der Waals surface area contributed by atoms with Gasteiger partial charge in [-0.3, -0.25) is 0 Å². The van der Waals surface area contributed by atoms with Gasteiger partial charge in [0.1, 0.15) is 0 Å². The molecule has 0 saturated carbocycles. The van der Waals surface area contributed by atoms with Gasteiger partial charge in [-0.15, -0.1) is 11.3 Å². The summed E-state index contributed by atoms with van der Waals surface area (Å²) in [7, 11) is 0. The third-order valence-electron chi connectivity index (χ3n) is 3.43. The predicted molar refractivity (Wildman–Crippen MR) is 87.2 cm³/mol. The van der Waals surface area contributed by atoms with Crippen LogP contribution in [0.3, 0.4) is 0 Å². The van der Waals surface area contributed by atoms with Crippen molar-refractivity contribution in [3.63, 3.8) is 0 Å². The third kappa shape index (κ3) is 2.83. The molecule has 0 aromatic carbocycles. The second-order valence-corrected chi connectivity index (χ2v) is 6.52. The molecule has 21 heavy (non-hydrogen) atoms. The van der Waals surface area contributed by atoms with Crippen molar-refractivity contribution < 1.29 is 0 Å². The molecular weight excluding hydrogens is 280 g/mol. The number of nitrogens with one attached hydrogen (secondary N) is 1. The van der Waals surface area contributed by atoms with Crippen molar-refractivity contribution in [1.82, 2.24) is 14.8 Å². The number of hydrogen-bond acceptors (Lipinski definition) is 4. The zero-order valence-electron chi connectivity index (χ0n) is 12.4. The van der Waals surface area contributed by atoms with Gasteiger partial charge in [0.25, 0.3) is 0 Å². The van der Waals surface area contributed by atoms with E-state index in [1.807, 2.05) is 35.7 Å². The van der Waals surface area contributed by atoms with Crippen LogP contribution in [0.2, 0.25) is 0 Å². The van der Waals surface area contributed by atoms with Crippen molar-refractivity contribution in [2.24, 2.45) is 0 Å². The molecule has 1 N–H and O–H groups in total. The zero-order valence-corrected chi connectivity index (χ0v) is 13.2. The topological polar surface area (TPSA) is 42.7 Å². The molecule has 0 aliphatic heterocycles. The summed E-state index contributed by atoms with van der Waals surface area (Å²) in [5, 5.41) is 7.82. The molecule has 1 unspecified atom stereocenters. The van der Waals surface area contributed by atoms with Crippen LogP contribution in [0.5, 0.6) is 0 Å². The number of aromatic nitrogens is 3. The van der Waals surface area contributed by atoms with Crippen LogP contribution in [0, 0.1) is 13.8 Å². The Hall–Kier alpha value is -2.14. The summed E-state index contributed by atoms with van der Waals surface area (Å²) < 4.78 is 1.78. The monoisotopic (exact) mass is 298 g/mol. The van der Waals surface area contributed by atoms with Gasteiger partial charge in [0.15, 0.2) is 5.82 Å². The number of hydrogen-bond donors (Lipinski definition) is 1. The first-order valence-corrected chi connectivity index (χ1v) is 7.75. The van der Waals surface area contributed by atoms with Gasteiger partial charge in [0.05, 0.1) is 5.69 Å². The van der Waals surface area contributed by atoms with E-state index in [4.69, 9.17) is 0 Å². The lowest BCUT2D eigenvalue weighted by molar-refractivity contribution is 0.829. The second kappa shape index (κ2) is 5.69. The molecule has 0 aliphatic rings. The number of thiophene rings is 1. The van der Waals surface area contributed by atoms with Gasteiger partial charge < -0.3 is 5.32 Å². The number of anilines is 1. The van der Waals surface area contributed by atoms with Crippen LogP contribution in [0.4, 0.5) is 5.69 Å². The standard InChI is InChI=1S/C16H18N4S/c1-11-10-14(13(3)21-11)12(2)19-15-6-4-7-17-16(15)20-9-5-8-18-20/h4-10,12,19H,1-3H3. The first kappa shape index (κ1) is 13.8. The van der Waals surface area contributed by atoms with E-state index in [9.17, 15) is 0 Å². The molecule has 0 saturated heterocycles. The minimum atomic E-state index is 0.230. The Morgan fingerprint density at radius 1 is 1.24 bits per heavy atom. The lowest BCUT2D eigenvalue weighted by atomic mass is 10.1. The number of nitrogens with zero attached hydrogens (tertiary/aromatic N) is 3. The Morgan fingerprint density at radius 3 is 2.76 bits per heavy atom. The fourth-order valence-electron chi connectivity index (χ4n) is 2.48. The maximum atomic E-state index is 4.44. The smallest absolute Gasteiger partial charge is 0.176 e. The average Bonchev–Trinajstić information content (AvgIpc) is 3.09. The summed E-state index contributed by atoms with van der Waals surface area (Å²) in [4.78, 5) is 7.14. The molecule has 0 bridgehead atoms. The van der Waals surface area contributed by atoms with Crippen LogP contribution >= 0.6 is 11.3 Å². The third-order valence-corrected chi connectivity index (χ3v) is 4.41. The van der Waals surface area contributed by atoms with Crippen LogP contribution in [0.1, 0.15) is 28.3 Å². The van der Waals surface area contributed by atoms with Crippen LogP contribution in [-0.4, -0.2) is 14.8 Å². The second-order valence-electron chi connectivity index (χ2n) is 5.06. The zero-order chi connectivity index (χ0) is 14.8. The first-order chi connectivity index (χ1) is 10.1. The Bertz CT molecular complexity index is 731. The molecule has 3 rings (SSSR count). The van der Waals surface area contributed by atoms with E-state index in [1.54, 1.807) is 17.1 Å². The van der Waals surface area contributed by atoms with Crippen molar-refractivity contribution in [1.29, 1.82) is 0 Å². The fourth-order valence-corrected chi connectivity index (χ4v) is 3.50. The van der Waals surface area contributed by atoms with Crippen molar-refractivity contribution in [2.75, 3.05) is 5.32 Å². The minimum absolute atomic E-state index is 0.230. The normalized spacial score (nSPS) is 12.3. The first-order valence-electron chi connectivity index (χ1n) is 6.93. The molecule has 3 heterocycles. The summed E-state index contributed by atoms with van der Waals surface area (Å²) in [6.07, 6.45) is 5.44. The van der Waals surface area contributed by atoms with Crippen LogP contribution in [0.15, 0.2) is 42.9 Å². The Morgan fingerprint density at radius 2 is 2.10 bits per heavy atom. The summed E-state index contributed by atoms with van der Waals surface area (Å²) >= 11 is 1.84. The number of aryl methyl sites for hydroxylation is 2. The highest BCUT2D eigenvalue weighted by atomic mass is 32.1. The highest BCUT2D eigenvalue weighted by molar-refractivity contribution is 7.12. The van der Waals surface area contributed by atoms with Gasteiger partial charge in [-0.25, -0.2) is 9.67 Å². The van der Waals surface area contributed by atoms with E-state index >= 15 is 0 Å². The molecule has 108 valence electrons.